The molecule has 20 heavy (non-hydrogen) atoms. The molecule has 1 aliphatic rings. The van der Waals surface area contributed by atoms with Crippen LogP contribution >= 0.6 is 15.9 Å². The first-order valence-electron chi connectivity index (χ1n) is 6.24. The van der Waals surface area contributed by atoms with Gasteiger partial charge in [0.2, 0.25) is 0 Å². The van der Waals surface area contributed by atoms with Gasteiger partial charge in [0.1, 0.15) is 0 Å². The summed E-state index contributed by atoms with van der Waals surface area (Å²) >= 11 is 3.31. The molecule has 0 fully saturated rings. The van der Waals surface area contributed by atoms with Crippen LogP contribution in [-0.2, 0) is 0 Å². The Morgan fingerprint density at radius 3 is 2.40 bits per heavy atom. The Hall–Kier alpha value is -0.950. The average molecular weight is 354 g/mol. The third kappa shape index (κ3) is 3.79. The van der Waals surface area contributed by atoms with Crippen molar-refractivity contribution in [2.75, 3.05) is 20.3 Å². The maximum atomic E-state index is 12.6. The molecule has 0 spiro atoms. The lowest BCUT2D eigenvalue weighted by molar-refractivity contribution is -0.140. The number of halogens is 4. The third-order valence-corrected chi connectivity index (χ3v) is 3.71. The molecule has 1 atom stereocenters. The molecule has 7 heteroatoms. The van der Waals surface area contributed by atoms with Crippen LogP contribution in [0.5, 0.6) is 11.5 Å². The molecule has 2 rings (SSSR count). The van der Waals surface area contributed by atoms with Crippen molar-refractivity contribution in [3.05, 3.63) is 22.2 Å². The van der Waals surface area contributed by atoms with Crippen molar-refractivity contribution in [3.63, 3.8) is 0 Å². The maximum absolute atomic E-state index is 12.6. The Kier molecular flexibility index (Phi) is 4.80. The zero-order valence-electron chi connectivity index (χ0n) is 10.9. The summed E-state index contributed by atoms with van der Waals surface area (Å²) in [6, 6.07) is 2.44. The number of ether oxygens (including phenoxy) is 2. The van der Waals surface area contributed by atoms with Crippen molar-refractivity contribution in [1.29, 1.82) is 0 Å². The van der Waals surface area contributed by atoms with Crippen LogP contribution in [0, 0.1) is 0 Å². The van der Waals surface area contributed by atoms with E-state index in [-0.39, 0.29) is 0 Å². The molecule has 1 aliphatic heterocycles. The third-order valence-electron chi connectivity index (χ3n) is 3.03. The van der Waals surface area contributed by atoms with Crippen molar-refractivity contribution in [3.8, 4) is 11.5 Å². The first kappa shape index (κ1) is 15.4. The molecule has 0 amide bonds. The van der Waals surface area contributed by atoms with E-state index in [4.69, 9.17) is 9.47 Å². The van der Waals surface area contributed by atoms with Gasteiger partial charge in [0, 0.05) is 16.9 Å². The summed E-state index contributed by atoms with van der Waals surface area (Å²) in [5.74, 6) is 1.04. The molecule has 0 aromatic heterocycles. The van der Waals surface area contributed by atoms with E-state index in [0.717, 1.165) is 6.42 Å². The number of hydrogen-bond acceptors (Lipinski definition) is 3. The van der Waals surface area contributed by atoms with Crippen LogP contribution in [-0.4, -0.2) is 26.4 Å². The Bertz CT molecular complexity index is 479. The van der Waals surface area contributed by atoms with Crippen molar-refractivity contribution >= 4 is 15.9 Å². The molecular formula is C13H15BrF3NO2. The number of nitrogens with one attached hydrogen (secondary N) is 1. The van der Waals surface area contributed by atoms with Gasteiger partial charge >= 0.3 is 6.18 Å². The molecule has 0 saturated heterocycles. The summed E-state index contributed by atoms with van der Waals surface area (Å²) in [6.45, 7) is 1.04. The molecule has 1 N–H and O–H groups in total. The SMILES string of the molecule is CNC(CC(F)(F)F)c1cc2c(cc1Br)OCCCO2. The van der Waals surface area contributed by atoms with Gasteiger partial charge in [-0.15, -0.1) is 0 Å². The smallest absolute Gasteiger partial charge is 0.390 e. The van der Waals surface area contributed by atoms with E-state index in [2.05, 4.69) is 21.2 Å². The van der Waals surface area contributed by atoms with Crippen molar-refractivity contribution in [1.82, 2.24) is 5.32 Å². The molecule has 0 radical (unpaired) electrons. The van der Waals surface area contributed by atoms with Crippen molar-refractivity contribution in [2.45, 2.75) is 25.1 Å². The van der Waals surface area contributed by atoms with Crippen LogP contribution < -0.4 is 14.8 Å². The molecule has 1 aromatic rings. The highest BCUT2D eigenvalue weighted by Gasteiger charge is 2.33. The van der Waals surface area contributed by atoms with E-state index in [1.165, 1.54) is 7.05 Å². The van der Waals surface area contributed by atoms with E-state index in [1.807, 2.05) is 0 Å². The minimum Gasteiger partial charge on any atom is -0.490 e. The highest BCUT2D eigenvalue weighted by Crippen LogP contribution is 2.40. The lowest BCUT2D eigenvalue weighted by Crippen LogP contribution is -2.24. The van der Waals surface area contributed by atoms with Crippen molar-refractivity contribution in [2.24, 2.45) is 0 Å². The summed E-state index contributed by atoms with van der Waals surface area (Å²) in [4.78, 5) is 0. The van der Waals surface area contributed by atoms with Gasteiger partial charge in [0.15, 0.2) is 11.5 Å². The van der Waals surface area contributed by atoms with E-state index < -0.39 is 18.6 Å². The summed E-state index contributed by atoms with van der Waals surface area (Å²) in [6.07, 6.45) is -4.43. The molecule has 0 bridgehead atoms. The van der Waals surface area contributed by atoms with Crippen LogP contribution in [0.4, 0.5) is 13.2 Å². The molecule has 3 nitrogen and oxygen atoms in total. The van der Waals surface area contributed by atoms with Crippen LogP contribution in [0.2, 0.25) is 0 Å². The Balaban J connectivity index is 2.33. The second-order valence-electron chi connectivity index (χ2n) is 4.53. The highest BCUT2D eigenvalue weighted by atomic mass is 79.9. The fraction of sp³-hybridized carbons (Fsp3) is 0.538. The largest absolute Gasteiger partial charge is 0.490 e. The average Bonchev–Trinajstić information content (AvgIpc) is 2.58. The van der Waals surface area contributed by atoms with Gasteiger partial charge in [-0.3, -0.25) is 0 Å². The van der Waals surface area contributed by atoms with Crippen LogP contribution in [0.25, 0.3) is 0 Å². The molecule has 1 aromatic carbocycles. The first-order valence-corrected chi connectivity index (χ1v) is 7.03. The van der Waals surface area contributed by atoms with Gasteiger partial charge in [-0.1, -0.05) is 15.9 Å². The second-order valence-corrected chi connectivity index (χ2v) is 5.39. The minimum atomic E-state index is -4.24. The predicted octanol–water partition coefficient (Wildman–Crippen LogP) is 3.82. The first-order chi connectivity index (χ1) is 9.40. The quantitative estimate of drug-likeness (QED) is 0.895. The number of rotatable bonds is 3. The lowest BCUT2D eigenvalue weighted by atomic mass is 10.0. The van der Waals surface area contributed by atoms with Crippen LogP contribution in [0.1, 0.15) is 24.4 Å². The molecule has 1 unspecified atom stereocenters. The van der Waals surface area contributed by atoms with Gasteiger partial charge in [0.25, 0.3) is 0 Å². The summed E-state index contributed by atoms with van der Waals surface area (Å²) in [5, 5.41) is 2.69. The topological polar surface area (TPSA) is 30.5 Å². The number of fused-ring (bicyclic) bond motifs is 1. The Labute approximate surface area is 123 Å². The minimum absolute atomic E-state index is 0.489. The normalized spacial score (nSPS) is 16.6. The van der Waals surface area contributed by atoms with E-state index in [9.17, 15) is 13.2 Å². The zero-order valence-corrected chi connectivity index (χ0v) is 12.5. The van der Waals surface area contributed by atoms with Crippen LogP contribution in [0.3, 0.4) is 0 Å². The van der Waals surface area contributed by atoms with E-state index in [1.54, 1.807) is 12.1 Å². The van der Waals surface area contributed by atoms with Crippen LogP contribution in [0.15, 0.2) is 16.6 Å². The van der Waals surface area contributed by atoms with E-state index >= 15 is 0 Å². The summed E-state index contributed by atoms with van der Waals surface area (Å²) in [7, 11) is 1.51. The zero-order chi connectivity index (χ0) is 14.8. The van der Waals surface area contributed by atoms with E-state index in [0.29, 0.717) is 34.7 Å². The summed E-state index contributed by atoms with van der Waals surface area (Å²) in [5.41, 5.74) is 0.508. The standard InChI is InChI=1S/C13H15BrF3NO2/c1-18-10(7-13(15,16)17)8-5-11-12(6-9(8)14)20-4-2-3-19-11/h5-6,10,18H,2-4,7H2,1H3. The van der Waals surface area contributed by atoms with Gasteiger partial charge in [-0.2, -0.15) is 13.2 Å². The number of hydrogen-bond donors (Lipinski definition) is 1. The predicted molar refractivity (Wildman–Crippen MR) is 72.2 cm³/mol. The monoisotopic (exact) mass is 353 g/mol. The van der Waals surface area contributed by atoms with Gasteiger partial charge in [-0.05, 0) is 24.7 Å². The maximum Gasteiger partial charge on any atom is 0.390 e. The lowest BCUT2D eigenvalue weighted by Gasteiger charge is -2.21. The van der Waals surface area contributed by atoms with Gasteiger partial charge < -0.3 is 14.8 Å². The Morgan fingerprint density at radius 2 is 1.85 bits per heavy atom. The fourth-order valence-corrected chi connectivity index (χ4v) is 2.66. The molecule has 0 saturated carbocycles. The highest BCUT2D eigenvalue weighted by molar-refractivity contribution is 9.10. The Morgan fingerprint density at radius 1 is 1.25 bits per heavy atom. The van der Waals surface area contributed by atoms with Gasteiger partial charge in [-0.25, -0.2) is 0 Å². The molecular weight excluding hydrogens is 339 g/mol. The molecule has 1 heterocycles. The number of benzene rings is 1. The number of alkyl halides is 3. The summed E-state index contributed by atoms with van der Waals surface area (Å²) < 4.78 is 49.4. The second kappa shape index (κ2) is 6.22. The van der Waals surface area contributed by atoms with Crippen molar-refractivity contribution < 1.29 is 22.6 Å². The molecule has 0 aliphatic carbocycles. The molecule has 112 valence electrons. The van der Waals surface area contributed by atoms with Gasteiger partial charge in [0.05, 0.1) is 19.6 Å². The fourth-order valence-electron chi connectivity index (χ4n) is 2.07.